The lowest BCUT2D eigenvalue weighted by Crippen LogP contribution is -2.29. The molecule has 0 spiro atoms. The fourth-order valence-corrected chi connectivity index (χ4v) is 4.54. The third-order valence-electron chi connectivity index (χ3n) is 5.18. The van der Waals surface area contributed by atoms with Crippen molar-refractivity contribution in [3.8, 4) is 0 Å². The molecule has 0 radical (unpaired) electrons. The summed E-state index contributed by atoms with van der Waals surface area (Å²) >= 11 is 13.3. The highest BCUT2D eigenvalue weighted by Gasteiger charge is 2.21. The Morgan fingerprint density at radius 3 is 2.61 bits per heavy atom. The monoisotopic (exact) mass is 505 g/mol. The molecule has 0 aliphatic rings. The molecule has 0 bridgehead atoms. The Morgan fingerprint density at radius 2 is 1.91 bits per heavy atom. The van der Waals surface area contributed by atoms with Crippen molar-refractivity contribution in [2.75, 3.05) is 11.1 Å². The Balaban J connectivity index is 1.65. The molecule has 2 N–H and O–H groups in total. The Labute approximate surface area is 207 Å². The molecule has 7 nitrogen and oxygen atoms in total. The van der Waals surface area contributed by atoms with Crippen LogP contribution < -0.4 is 10.6 Å². The van der Waals surface area contributed by atoms with Crippen molar-refractivity contribution in [3.63, 3.8) is 0 Å². The largest absolute Gasteiger partial charge is 0.342 e. The minimum absolute atomic E-state index is 0.125. The van der Waals surface area contributed by atoms with Gasteiger partial charge in [0.25, 0.3) is 5.91 Å². The summed E-state index contributed by atoms with van der Waals surface area (Å²) in [4.78, 5) is 25.1. The first-order valence-corrected chi connectivity index (χ1v) is 12.1. The second-order valence-corrected chi connectivity index (χ2v) is 9.27. The summed E-state index contributed by atoms with van der Waals surface area (Å²) < 4.78 is 1.88. The van der Waals surface area contributed by atoms with E-state index in [-0.39, 0.29) is 22.6 Å². The topological polar surface area (TPSA) is 88.9 Å². The highest BCUT2D eigenvalue weighted by molar-refractivity contribution is 7.99. The Morgan fingerprint density at radius 1 is 1.15 bits per heavy atom. The number of hydrogen-bond donors (Lipinski definition) is 2. The summed E-state index contributed by atoms with van der Waals surface area (Å²) in [7, 11) is 0. The number of nitrogens with one attached hydrogen (secondary N) is 2. The van der Waals surface area contributed by atoms with Crippen LogP contribution in [0.25, 0.3) is 0 Å². The molecule has 3 aromatic rings. The number of nitrogens with zero attached hydrogens (tertiary/aromatic N) is 3. The molecular weight excluding hydrogens is 481 g/mol. The van der Waals surface area contributed by atoms with Crippen LogP contribution in [0, 0.1) is 13.8 Å². The number of hydrogen-bond acceptors (Lipinski definition) is 5. The molecule has 174 valence electrons. The number of carbonyl (C=O) groups excluding carboxylic acids is 2. The van der Waals surface area contributed by atoms with E-state index >= 15 is 0 Å². The van der Waals surface area contributed by atoms with E-state index in [0.29, 0.717) is 28.1 Å². The summed E-state index contributed by atoms with van der Waals surface area (Å²) in [6.45, 7) is 8.35. The van der Waals surface area contributed by atoms with Crippen molar-refractivity contribution >= 4 is 52.5 Å². The molecule has 2 amide bonds. The number of rotatable bonds is 8. The number of amides is 2. The zero-order chi connectivity index (χ0) is 24.1. The lowest BCUT2D eigenvalue weighted by molar-refractivity contribution is -0.113. The van der Waals surface area contributed by atoms with Crippen LogP contribution in [0.1, 0.15) is 47.2 Å². The predicted molar refractivity (Wildman–Crippen MR) is 133 cm³/mol. The summed E-state index contributed by atoms with van der Waals surface area (Å²) in [6, 6.07) is 10.1. The number of benzene rings is 2. The fourth-order valence-electron chi connectivity index (χ4n) is 3.24. The van der Waals surface area contributed by atoms with E-state index in [2.05, 4.69) is 20.8 Å². The maximum atomic E-state index is 12.7. The molecule has 0 aliphatic carbocycles. The van der Waals surface area contributed by atoms with Gasteiger partial charge in [-0.2, -0.15) is 0 Å². The number of halogens is 2. The van der Waals surface area contributed by atoms with Crippen LogP contribution in [-0.2, 0) is 11.3 Å². The van der Waals surface area contributed by atoms with Crippen LogP contribution in [0.5, 0.6) is 0 Å². The number of carbonyl (C=O) groups is 2. The number of anilines is 1. The molecule has 1 heterocycles. The second kappa shape index (κ2) is 11.0. The van der Waals surface area contributed by atoms with E-state index in [9.17, 15) is 9.59 Å². The summed E-state index contributed by atoms with van der Waals surface area (Å²) in [5, 5.41) is 15.7. The standard InChI is InChI=1S/C23H25Cl2N5O2S/c1-5-30-21(15(4)26-22(32)17-10-9-16(24)11-18(17)25)28-29-23(30)33-12-20(31)27-19-8-6-7-13(2)14(19)3/h6-11,15H,5,12H2,1-4H3,(H,26,32)(H,27,31)/t15-/m0/s1. The molecule has 0 fully saturated rings. The molecule has 2 aromatic carbocycles. The summed E-state index contributed by atoms with van der Waals surface area (Å²) in [5.74, 6) is 0.317. The van der Waals surface area contributed by atoms with Gasteiger partial charge in [0.2, 0.25) is 5.91 Å². The van der Waals surface area contributed by atoms with Crippen molar-refractivity contribution in [2.45, 2.75) is 45.4 Å². The molecule has 33 heavy (non-hydrogen) atoms. The third-order valence-corrected chi connectivity index (χ3v) is 6.70. The van der Waals surface area contributed by atoms with Crippen LogP contribution in [0.2, 0.25) is 10.0 Å². The van der Waals surface area contributed by atoms with Gasteiger partial charge in [0, 0.05) is 17.3 Å². The zero-order valence-corrected chi connectivity index (χ0v) is 21.1. The van der Waals surface area contributed by atoms with E-state index in [1.165, 1.54) is 17.8 Å². The molecule has 0 saturated heterocycles. The van der Waals surface area contributed by atoms with Gasteiger partial charge >= 0.3 is 0 Å². The predicted octanol–water partition coefficient (Wildman–Crippen LogP) is 5.44. The molecule has 1 atom stereocenters. The van der Waals surface area contributed by atoms with Gasteiger partial charge in [0.05, 0.1) is 22.4 Å². The molecular formula is C23H25Cl2N5O2S. The maximum absolute atomic E-state index is 12.7. The minimum atomic E-state index is -0.421. The van der Waals surface area contributed by atoms with Crippen LogP contribution in [0.15, 0.2) is 41.6 Å². The van der Waals surface area contributed by atoms with Crippen LogP contribution in [-0.4, -0.2) is 32.3 Å². The first-order chi connectivity index (χ1) is 15.7. The highest BCUT2D eigenvalue weighted by Crippen LogP contribution is 2.24. The van der Waals surface area contributed by atoms with Gasteiger partial charge in [-0.1, -0.05) is 47.1 Å². The van der Waals surface area contributed by atoms with Crippen LogP contribution in [0.4, 0.5) is 5.69 Å². The second-order valence-electron chi connectivity index (χ2n) is 7.49. The number of aryl methyl sites for hydroxylation is 1. The zero-order valence-electron chi connectivity index (χ0n) is 18.8. The fraction of sp³-hybridized carbons (Fsp3) is 0.304. The van der Waals surface area contributed by atoms with E-state index in [4.69, 9.17) is 23.2 Å². The van der Waals surface area contributed by atoms with Crippen molar-refractivity contribution in [2.24, 2.45) is 0 Å². The van der Waals surface area contributed by atoms with Crippen molar-refractivity contribution in [1.82, 2.24) is 20.1 Å². The first-order valence-electron chi connectivity index (χ1n) is 10.4. The quantitative estimate of drug-likeness (QED) is 0.397. The first kappa shape index (κ1) is 25.1. The Kier molecular flexibility index (Phi) is 8.40. The Bertz CT molecular complexity index is 1180. The van der Waals surface area contributed by atoms with Gasteiger partial charge in [-0.05, 0) is 63.1 Å². The third kappa shape index (κ3) is 6.07. The number of aromatic nitrogens is 3. The minimum Gasteiger partial charge on any atom is -0.342 e. The summed E-state index contributed by atoms with van der Waals surface area (Å²) in [5.41, 5.74) is 3.29. The van der Waals surface area contributed by atoms with Gasteiger partial charge in [0.15, 0.2) is 11.0 Å². The molecule has 0 unspecified atom stereocenters. The SMILES string of the molecule is CCn1c(SCC(=O)Nc2cccc(C)c2C)nnc1[C@H](C)NC(=O)c1ccc(Cl)cc1Cl. The van der Waals surface area contributed by atoms with Crippen molar-refractivity contribution in [3.05, 3.63) is 69.0 Å². The van der Waals surface area contributed by atoms with E-state index in [1.807, 2.05) is 50.5 Å². The maximum Gasteiger partial charge on any atom is 0.253 e. The molecule has 1 aromatic heterocycles. The molecule has 3 rings (SSSR count). The smallest absolute Gasteiger partial charge is 0.253 e. The number of thioether (sulfide) groups is 1. The van der Waals surface area contributed by atoms with E-state index in [1.54, 1.807) is 12.1 Å². The summed E-state index contributed by atoms with van der Waals surface area (Å²) in [6.07, 6.45) is 0. The van der Waals surface area contributed by atoms with Gasteiger partial charge in [-0.3, -0.25) is 9.59 Å². The lowest BCUT2D eigenvalue weighted by atomic mass is 10.1. The average molecular weight is 506 g/mol. The normalized spacial score (nSPS) is 11.8. The van der Waals surface area contributed by atoms with Gasteiger partial charge < -0.3 is 15.2 Å². The van der Waals surface area contributed by atoms with Crippen LogP contribution in [0.3, 0.4) is 0 Å². The van der Waals surface area contributed by atoms with Crippen molar-refractivity contribution < 1.29 is 9.59 Å². The molecule has 0 aliphatic heterocycles. The van der Waals surface area contributed by atoms with Gasteiger partial charge in [-0.25, -0.2) is 0 Å². The average Bonchev–Trinajstić information content (AvgIpc) is 3.18. The lowest BCUT2D eigenvalue weighted by Gasteiger charge is -2.15. The van der Waals surface area contributed by atoms with E-state index < -0.39 is 6.04 Å². The van der Waals surface area contributed by atoms with Gasteiger partial charge in [0.1, 0.15) is 0 Å². The van der Waals surface area contributed by atoms with Crippen LogP contribution >= 0.6 is 35.0 Å². The molecule has 10 heteroatoms. The Hall–Kier alpha value is -2.55. The molecule has 0 saturated carbocycles. The van der Waals surface area contributed by atoms with E-state index in [0.717, 1.165) is 16.8 Å². The highest BCUT2D eigenvalue weighted by atomic mass is 35.5. The van der Waals surface area contributed by atoms with Gasteiger partial charge in [-0.15, -0.1) is 10.2 Å². The van der Waals surface area contributed by atoms with Crippen molar-refractivity contribution in [1.29, 1.82) is 0 Å².